The largest absolute Gasteiger partial charge is 0.369 e. The molecule has 0 aromatic heterocycles. The normalized spacial score (nSPS) is 25.1. The Bertz CT molecular complexity index is 419. The molecular weight excluding hydrogens is 232 g/mol. The van der Waals surface area contributed by atoms with Crippen molar-refractivity contribution < 1.29 is 0 Å². The van der Waals surface area contributed by atoms with Gasteiger partial charge in [0.25, 0.3) is 0 Å². The molecule has 1 aromatic carbocycles. The lowest BCUT2D eigenvalue weighted by atomic mass is 10.1. The SMILES string of the molecule is Cc1ccc(N2CCN3CCCC3C2)cc1Cl. The summed E-state index contributed by atoms with van der Waals surface area (Å²) in [7, 11) is 0. The van der Waals surface area contributed by atoms with Gasteiger partial charge in [0.1, 0.15) is 0 Å². The second-order valence-corrected chi connectivity index (χ2v) is 5.62. The summed E-state index contributed by atoms with van der Waals surface area (Å²) in [4.78, 5) is 5.12. The van der Waals surface area contributed by atoms with Crippen LogP contribution in [0.4, 0.5) is 5.69 Å². The van der Waals surface area contributed by atoms with Crippen molar-refractivity contribution in [3.8, 4) is 0 Å². The summed E-state index contributed by atoms with van der Waals surface area (Å²) >= 11 is 6.21. The van der Waals surface area contributed by atoms with Gasteiger partial charge in [-0.1, -0.05) is 17.7 Å². The molecule has 17 heavy (non-hydrogen) atoms. The summed E-state index contributed by atoms with van der Waals surface area (Å²) in [5, 5.41) is 0.886. The fraction of sp³-hybridized carbons (Fsp3) is 0.571. The second-order valence-electron chi connectivity index (χ2n) is 5.21. The molecule has 2 fully saturated rings. The van der Waals surface area contributed by atoms with Crippen molar-refractivity contribution in [2.45, 2.75) is 25.8 Å². The number of nitrogens with zero attached hydrogens (tertiary/aromatic N) is 2. The number of rotatable bonds is 1. The number of hydrogen-bond acceptors (Lipinski definition) is 2. The van der Waals surface area contributed by atoms with Gasteiger partial charge in [-0.3, -0.25) is 4.90 Å². The van der Waals surface area contributed by atoms with Crippen molar-refractivity contribution in [2.24, 2.45) is 0 Å². The van der Waals surface area contributed by atoms with E-state index in [9.17, 15) is 0 Å². The highest BCUT2D eigenvalue weighted by molar-refractivity contribution is 6.31. The molecule has 0 radical (unpaired) electrons. The van der Waals surface area contributed by atoms with E-state index >= 15 is 0 Å². The van der Waals surface area contributed by atoms with E-state index in [2.05, 4.69) is 34.9 Å². The van der Waals surface area contributed by atoms with Crippen LogP contribution in [0.2, 0.25) is 5.02 Å². The third kappa shape index (κ3) is 2.16. The highest BCUT2D eigenvalue weighted by Gasteiger charge is 2.30. The van der Waals surface area contributed by atoms with Crippen molar-refractivity contribution in [1.29, 1.82) is 0 Å². The van der Waals surface area contributed by atoms with Crippen LogP contribution in [0.15, 0.2) is 18.2 Å². The summed E-state index contributed by atoms with van der Waals surface area (Å²) in [5.41, 5.74) is 2.45. The van der Waals surface area contributed by atoms with E-state index < -0.39 is 0 Å². The van der Waals surface area contributed by atoms with Gasteiger partial charge in [-0.05, 0) is 44.0 Å². The number of fused-ring (bicyclic) bond motifs is 1. The number of hydrogen-bond donors (Lipinski definition) is 0. The Kier molecular flexibility index (Phi) is 3.01. The number of piperazine rings is 1. The lowest BCUT2D eigenvalue weighted by Gasteiger charge is -2.39. The van der Waals surface area contributed by atoms with Gasteiger partial charge in [0.2, 0.25) is 0 Å². The molecule has 0 N–H and O–H groups in total. The first kappa shape index (κ1) is 11.4. The summed E-state index contributed by atoms with van der Waals surface area (Å²) in [5.74, 6) is 0. The molecule has 1 atom stereocenters. The van der Waals surface area contributed by atoms with Gasteiger partial charge in [-0.2, -0.15) is 0 Å². The Morgan fingerprint density at radius 1 is 1.24 bits per heavy atom. The molecule has 0 bridgehead atoms. The van der Waals surface area contributed by atoms with Crippen molar-refractivity contribution in [3.63, 3.8) is 0 Å². The Hall–Kier alpha value is -0.730. The first-order valence-electron chi connectivity index (χ1n) is 6.49. The lowest BCUT2D eigenvalue weighted by molar-refractivity contribution is 0.231. The molecule has 0 saturated carbocycles. The van der Waals surface area contributed by atoms with Crippen molar-refractivity contribution in [1.82, 2.24) is 4.90 Å². The Morgan fingerprint density at radius 2 is 2.12 bits per heavy atom. The van der Waals surface area contributed by atoms with Crippen LogP contribution in [-0.2, 0) is 0 Å². The molecule has 2 saturated heterocycles. The standard InChI is InChI=1S/C14H19ClN2/c1-11-4-5-12(9-14(11)15)17-8-7-16-6-2-3-13(16)10-17/h4-5,9,13H,2-3,6-8,10H2,1H3. The summed E-state index contributed by atoms with van der Waals surface area (Å²) in [6.07, 6.45) is 2.73. The molecule has 0 aliphatic carbocycles. The van der Waals surface area contributed by atoms with E-state index in [-0.39, 0.29) is 0 Å². The zero-order chi connectivity index (χ0) is 11.8. The first-order valence-corrected chi connectivity index (χ1v) is 6.87. The zero-order valence-electron chi connectivity index (χ0n) is 10.3. The van der Waals surface area contributed by atoms with Gasteiger partial charge in [0.15, 0.2) is 0 Å². The highest BCUT2D eigenvalue weighted by atomic mass is 35.5. The van der Waals surface area contributed by atoms with Gasteiger partial charge >= 0.3 is 0 Å². The predicted molar refractivity (Wildman–Crippen MR) is 73.0 cm³/mol. The van der Waals surface area contributed by atoms with E-state index in [1.807, 2.05) is 0 Å². The maximum absolute atomic E-state index is 6.21. The number of aryl methyl sites for hydroxylation is 1. The first-order chi connectivity index (χ1) is 8.24. The zero-order valence-corrected chi connectivity index (χ0v) is 11.1. The molecule has 2 nitrogen and oxygen atoms in total. The van der Waals surface area contributed by atoms with Crippen molar-refractivity contribution in [2.75, 3.05) is 31.1 Å². The van der Waals surface area contributed by atoms with E-state index in [0.29, 0.717) is 0 Å². The monoisotopic (exact) mass is 250 g/mol. The van der Waals surface area contributed by atoms with Crippen molar-refractivity contribution >= 4 is 17.3 Å². The highest BCUT2D eigenvalue weighted by Crippen LogP contribution is 2.28. The van der Waals surface area contributed by atoms with Crippen LogP contribution in [0.5, 0.6) is 0 Å². The van der Waals surface area contributed by atoms with Gasteiger partial charge in [0, 0.05) is 36.4 Å². The van der Waals surface area contributed by atoms with Gasteiger partial charge in [-0.25, -0.2) is 0 Å². The molecule has 92 valence electrons. The minimum Gasteiger partial charge on any atom is -0.369 e. The minimum absolute atomic E-state index is 0.767. The molecule has 1 aromatic rings. The number of benzene rings is 1. The maximum atomic E-state index is 6.21. The van der Waals surface area contributed by atoms with Gasteiger partial charge in [-0.15, -0.1) is 0 Å². The predicted octanol–water partition coefficient (Wildman–Crippen LogP) is 2.93. The van der Waals surface area contributed by atoms with Crippen LogP contribution in [-0.4, -0.2) is 37.1 Å². The molecule has 3 heteroatoms. The summed E-state index contributed by atoms with van der Waals surface area (Å²) < 4.78 is 0. The Morgan fingerprint density at radius 3 is 2.94 bits per heavy atom. The lowest BCUT2D eigenvalue weighted by Crippen LogP contribution is -2.50. The van der Waals surface area contributed by atoms with Crippen LogP contribution < -0.4 is 4.90 Å². The molecule has 3 rings (SSSR count). The van der Waals surface area contributed by atoms with Crippen LogP contribution >= 0.6 is 11.6 Å². The van der Waals surface area contributed by atoms with E-state index in [4.69, 9.17) is 11.6 Å². The third-order valence-corrected chi connectivity index (χ3v) is 4.52. The summed E-state index contributed by atoms with van der Waals surface area (Å²) in [6.45, 7) is 6.86. The fourth-order valence-corrected chi connectivity index (χ4v) is 3.18. The molecule has 2 aliphatic heterocycles. The van der Waals surface area contributed by atoms with Gasteiger partial charge in [0.05, 0.1) is 0 Å². The average molecular weight is 251 g/mol. The van der Waals surface area contributed by atoms with E-state index in [1.54, 1.807) is 0 Å². The van der Waals surface area contributed by atoms with E-state index in [0.717, 1.165) is 23.2 Å². The second kappa shape index (κ2) is 4.51. The summed E-state index contributed by atoms with van der Waals surface area (Å²) in [6, 6.07) is 7.20. The van der Waals surface area contributed by atoms with Crippen LogP contribution in [0.3, 0.4) is 0 Å². The molecule has 2 aliphatic rings. The van der Waals surface area contributed by atoms with Gasteiger partial charge < -0.3 is 4.90 Å². The van der Waals surface area contributed by atoms with Crippen molar-refractivity contribution in [3.05, 3.63) is 28.8 Å². The molecule has 0 spiro atoms. The Balaban J connectivity index is 1.78. The molecule has 0 amide bonds. The topological polar surface area (TPSA) is 6.48 Å². The average Bonchev–Trinajstić information content (AvgIpc) is 2.79. The third-order valence-electron chi connectivity index (χ3n) is 4.11. The Labute approximate surface area is 108 Å². The number of halogens is 1. The smallest absolute Gasteiger partial charge is 0.0455 e. The number of anilines is 1. The van der Waals surface area contributed by atoms with Crippen LogP contribution in [0, 0.1) is 6.92 Å². The van der Waals surface area contributed by atoms with Crippen LogP contribution in [0.25, 0.3) is 0 Å². The van der Waals surface area contributed by atoms with E-state index in [1.165, 1.54) is 38.2 Å². The quantitative estimate of drug-likeness (QED) is 0.756. The maximum Gasteiger partial charge on any atom is 0.0455 e. The molecule has 1 unspecified atom stereocenters. The fourth-order valence-electron chi connectivity index (χ4n) is 3.00. The molecule has 2 heterocycles. The minimum atomic E-state index is 0.767. The molecular formula is C14H19ClN2. The van der Waals surface area contributed by atoms with Crippen LogP contribution in [0.1, 0.15) is 18.4 Å².